The number of terminal acetylenes is 1. The van der Waals surface area contributed by atoms with Gasteiger partial charge in [-0.3, -0.25) is 9.59 Å². The van der Waals surface area contributed by atoms with Crippen molar-refractivity contribution in [3.05, 3.63) is 65.1 Å². The summed E-state index contributed by atoms with van der Waals surface area (Å²) in [5, 5.41) is 0.650. The second-order valence-corrected chi connectivity index (χ2v) is 8.08. The van der Waals surface area contributed by atoms with Gasteiger partial charge in [-0.05, 0) is 18.1 Å². The molecule has 0 radical (unpaired) electrons. The molecule has 5 rings (SSSR count). The van der Waals surface area contributed by atoms with Crippen LogP contribution >= 0.6 is 0 Å². The summed E-state index contributed by atoms with van der Waals surface area (Å²) in [4.78, 5) is 41.4. The van der Waals surface area contributed by atoms with Gasteiger partial charge in [0.2, 0.25) is 5.82 Å². The third-order valence-electron chi connectivity index (χ3n) is 6.36. The maximum atomic E-state index is 13.4. The molecule has 4 heterocycles. The topological polar surface area (TPSA) is 87.1 Å². The molecule has 31 heavy (non-hydrogen) atoms. The molecule has 1 aliphatic heterocycles. The molecule has 1 N–H and O–H groups in total. The summed E-state index contributed by atoms with van der Waals surface area (Å²) < 4.78 is 1.51. The number of carbonyl (C=O) groups is 1. The molecule has 1 saturated carbocycles. The number of anilines is 1. The molecule has 156 valence electrons. The first-order valence-corrected chi connectivity index (χ1v) is 10.2. The molecule has 8 heteroatoms. The van der Waals surface area contributed by atoms with Crippen molar-refractivity contribution in [3.63, 3.8) is 0 Å². The van der Waals surface area contributed by atoms with Crippen LogP contribution in [0.5, 0.6) is 0 Å². The van der Waals surface area contributed by atoms with Crippen molar-refractivity contribution < 1.29 is 4.79 Å². The smallest absolute Gasteiger partial charge is 0.275 e. The fraction of sp³-hybridized carbons (Fsp3) is 0.304. The fourth-order valence-electron chi connectivity index (χ4n) is 4.82. The number of aromatic amines is 1. The van der Waals surface area contributed by atoms with E-state index in [0.29, 0.717) is 40.7 Å². The molecule has 0 spiro atoms. The van der Waals surface area contributed by atoms with Gasteiger partial charge in [0.15, 0.2) is 0 Å². The Morgan fingerprint density at radius 1 is 1.42 bits per heavy atom. The third-order valence-corrected chi connectivity index (χ3v) is 6.36. The van der Waals surface area contributed by atoms with Crippen LogP contribution in [0.4, 0.5) is 5.82 Å². The van der Waals surface area contributed by atoms with Crippen LogP contribution in [0.2, 0.25) is 0 Å². The minimum Gasteiger partial charge on any atom is -0.357 e. The van der Waals surface area contributed by atoms with Crippen molar-refractivity contribution in [2.75, 3.05) is 25.0 Å². The van der Waals surface area contributed by atoms with Crippen LogP contribution in [0, 0.1) is 24.2 Å². The Hall–Kier alpha value is -3.86. The highest BCUT2D eigenvalue weighted by molar-refractivity contribution is 6.06. The molecule has 1 saturated heterocycles. The fourth-order valence-corrected chi connectivity index (χ4v) is 4.82. The van der Waals surface area contributed by atoms with E-state index in [1.165, 1.54) is 4.57 Å². The summed E-state index contributed by atoms with van der Waals surface area (Å²) in [6, 6.07) is 3.82. The minimum absolute atomic E-state index is 0.0787. The van der Waals surface area contributed by atoms with Crippen molar-refractivity contribution in [2.24, 2.45) is 11.8 Å². The van der Waals surface area contributed by atoms with E-state index in [4.69, 9.17) is 6.42 Å². The van der Waals surface area contributed by atoms with Gasteiger partial charge in [-0.2, -0.15) is 0 Å². The average Bonchev–Trinajstić information content (AvgIpc) is 3.15. The number of hydrogen-bond acceptors (Lipinski definition) is 5. The maximum Gasteiger partial charge on any atom is 0.275 e. The van der Waals surface area contributed by atoms with Gasteiger partial charge < -0.3 is 19.4 Å². The zero-order valence-corrected chi connectivity index (χ0v) is 17.2. The quantitative estimate of drug-likeness (QED) is 0.505. The number of H-pyrrole nitrogens is 1. The summed E-state index contributed by atoms with van der Waals surface area (Å²) >= 11 is 0. The molecule has 3 aromatic rings. The van der Waals surface area contributed by atoms with Gasteiger partial charge in [0, 0.05) is 68.5 Å². The Balaban J connectivity index is 1.36. The summed E-state index contributed by atoms with van der Waals surface area (Å²) in [6.45, 7) is 5.70. The number of rotatable bonds is 5. The lowest BCUT2D eigenvalue weighted by Gasteiger charge is -2.25. The second-order valence-electron chi connectivity index (χ2n) is 8.08. The van der Waals surface area contributed by atoms with Crippen LogP contribution in [0.25, 0.3) is 10.9 Å². The Morgan fingerprint density at radius 3 is 2.90 bits per heavy atom. The first kappa shape index (κ1) is 19.1. The molecule has 2 aliphatic rings. The van der Waals surface area contributed by atoms with Crippen LogP contribution in [0.1, 0.15) is 16.2 Å². The van der Waals surface area contributed by atoms with Crippen molar-refractivity contribution in [1.29, 1.82) is 0 Å². The van der Waals surface area contributed by atoms with E-state index in [2.05, 4.69) is 32.4 Å². The van der Waals surface area contributed by atoms with Crippen molar-refractivity contribution in [2.45, 2.75) is 12.6 Å². The van der Waals surface area contributed by atoms with Crippen molar-refractivity contribution >= 4 is 22.6 Å². The lowest BCUT2D eigenvalue weighted by Crippen LogP contribution is -2.37. The number of allylic oxidation sites excluding steroid dienone is 1. The number of fused-ring (bicyclic) bond motifs is 2. The number of pyridine rings is 1. The van der Waals surface area contributed by atoms with Crippen LogP contribution < -0.4 is 10.5 Å². The number of hydrogen-bond donors (Lipinski definition) is 1. The van der Waals surface area contributed by atoms with E-state index in [1.807, 2.05) is 18.0 Å². The number of piperidine rings is 1. The molecule has 1 aliphatic carbocycles. The van der Waals surface area contributed by atoms with Gasteiger partial charge in [0.1, 0.15) is 11.3 Å². The van der Waals surface area contributed by atoms with E-state index in [-0.39, 0.29) is 17.5 Å². The molecular weight excluding hydrogens is 392 g/mol. The Kier molecular flexibility index (Phi) is 4.40. The molecule has 2 fully saturated rings. The highest BCUT2D eigenvalue weighted by atomic mass is 16.2. The van der Waals surface area contributed by atoms with Gasteiger partial charge in [0.25, 0.3) is 11.5 Å². The predicted octanol–water partition coefficient (Wildman–Crippen LogP) is 1.49. The van der Waals surface area contributed by atoms with E-state index in [1.54, 1.807) is 30.7 Å². The van der Waals surface area contributed by atoms with Gasteiger partial charge in [-0.1, -0.05) is 6.08 Å². The van der Waals surface area contributed by atoms with E-state index < -0.39 is 0 Å². The normalized spacial score (nSPS) is 21.5. The van der Waals surface area contributed by atoms with E-state index in [0.717, 1.165) is 18.9 Å². The zero-order valence-electron chi connectivity index (χ0n) is 17.2. The van der Waals surface area contributed by atoms with Gasteiger partial charge >= 0.3 is 0 Å². The highest BCUT2D eigenvalue weighted by Crippen LogP contribution is 2.49. The second kappa shape index (κ2) is 7.13. The molecule has 0 bridgehead atoms. The molecule has 1 unspecified atom stereocenters. The number of nitrogens with one attached hydrogen (secondary N) is 1. The Bertz CT molecular complexity index is 1290. The maximum absolute atomic E-state index is 13.4. The van der Waals surface area contributed by atoms with Gasteiger partial charge in [-0.25, -0.2) is 9.97 Å². The summed E-state index contributed by atoms with van der Waals surface area (Å²) in [5.74, 6) is 4.37. The number of aromatic nitrogens is 4. The van der Waals surface area contributed by atoms with Crippen molar-refractivity contribution in [1.82, 2.24) is 24.4 Å². The van der Waals surface area contributed by atoms with Crippen LogP contribution in [-0.2, 0) is 6.54 Å². The number of amides is 1. The Morgan fingerprint density at radius 2 is 2.19 bits per heavy atom. The molecular formula is C23H22N6O2. The lowest BCUT2D eigenvalue weighted by atomic mass is 10.1. The molecule has 1 amide bonds. The minimum atomic E-state index is -0.158. The van der Waals surface area contributed by atoms with Crippen molar-refractivity contribution in [3.8, 4) is 12.3 Å². The van der Waals surface area contributed by atoms with Crippen LogP contribution in [-0.4, -0.2) is 56.5 Å². The molecule has 3 atom stereocenters. The van der Waals surface area contributed by atoms with E-state index >= 15 is 0 Å². The summed E-state index contributed by atoms with van der Waals surface area (Å²) in [5.41, 5.74) is 0.807. The third kappa shape index (κ3) is 3.01. The molecule has 8 nitrogen and oxygen atoms in total. The van der Waals surface area contributed by atoms with Crippen LogP contribution in [0.15, 0.2) is 48.2 Å². The van der Waals surface area contributed by atoms with E-state index in [9.17, 15) is 9.59 Å². The first-order valence-electron chi connectivity index (χ1n) is 10.2. The molecule has 3 aromatic heterocycles. The number of nitrogens with zero attached hydrogens (tertiary/aromatic N) is 5. The lowest BCUT2D eigenvalue weighted by molar-refractivity contribution is 0.0771. The number of carbonyl (C=O) groups excluding carboxylic acids is 1. The van der Waals surface area contributed by atoms with Gasteiger partial charge in [0.05, 0.1) is 5.56 Å². The predicted molar refractivity (Wildman–Crippen MR) is 118 cm³/mol. The monoisotopic (exact) mass is 414 g/mol. The first-order chi connectivity index (χ1) is 15.0. The summed E-state index contributed by atoms with van der Waals surface area (Å²) in [7, 11) is 1.85. The SMILES string of the molecule is C#Cc1nccc(N2C[C@@H]3C(N(C)C(=O)c4cn(CC=C)c(=O)c5[nH]ccc45)[C@@H]3C2)n1. The Labute approximate surface area is 179 Å². The standard InChI is InChI=1S/C23H22N6O2/c1-4-10-28-13-17(14-6-8-25-20(14)23(28)31)22(30)27(3)21-15-11-29(12-16(15)21)19-7-9-24-18(5-2)26-19/h2,4,6-9,13,15-16,21,25H,1,10-12H2,3H3/t15-,16+,21?. The largest absolute Gasteiger partial charge is 0.357 e. The van der Waals surface area contributed by atoms with Gasteiger partial charge in [-0.15, -0.1) is 13.0 Å². The average molecular weight is 414 g/mol. The molecule has 0 aromatic carbocycles. The summed E-state index contributed by atoms with van der Waals surface area (Å²) in [6.07, 6.45) is 12.1. The highest BCUT2D eigenvalue weighted by Gasteiger charge is 2.59. The van der Waals surface area contributed by atoms with Crippen LogP contribution in [0.3, 0.4) is 0 Å². The zero-order chi connectivity index (χ0) is 21.7.